The topological polar surface area (TPSA) is 155 Å². The highest BCUT2D eigenvalue weighted by Crippen LogP contribution is 2.43. The highest BCUT2D eigenvalue weighted by atomic mass is 31.2. The van der Waals surface area contributed by atoms with Gasteiger partial charge in [-0.15, -0.1) is 0 Å². The zero-order valence-corrected chi connectivity index (χ0v) is 36.4. The normalized spacial score (nSPS) is 14.0. The fourth-order valence-electron chi connectivity index (χ4n) is 6.48. The summed E-state index contributed by atoms with van der Waals surface area (Å²) in [7, 11) is -4.61. The first-order valence-corrected chi connectivity index (χ1v) is 24.2. The third kappa shape index (κ3) is 40.7. The van der Waals surface area contributed by atoms with E-state index in [-0.39, 0.29) is 13.0 Å². The molecule has 326 valence electrons. The lowest BCUT2D eigenvalue weighted by Gasteiger charge is -2.20. The average molecular weight is 804 g/mol. The molecular formula is C44H86NO9P. The predicted octanol–water partition coefficient (Wildman–Crippen LogP) is 12.5. The van der Waals surface area contributed by atoms with E-state index in [4.69, 9.17) is 29.4 Å². The Morgan fingerprint density at radius 2 is 0.945 bits per heavy atom. The number of esters is 1. The second kappa shape index (κ2) is 40.9. The Morgan fingerprint density at radius 3 is 1.38 bits per heavy atom. The molecule has 0 bridgehead atoms. The zero-order valence-electron chi connectivity index (χ0n) is 35.5. The number of ether oxygens (including phenoxy) is 2. The molecule has 0 saturated heterocycles. The fourth-order valence-corrected chi connectivity index (χ4v) is 7.26. The molecule has 4 N–H and O–H groups in total. The van der Waals surface area contributed by atoms with Crippen molar-refractivity contribution < 1.29 is 42.7 Å². The molecule has 0 saturated carbocycles. The molecule has 0 aliphatic heterocycles. The molecule has 0 aromatic rings. The van der Waals surface area contributed by atoms with Crippen LogP contribution in [0.25, 0.3) is 0 Å². The van der Waals surface area contributed by atoms with E-state index in [0.717, 1.165) is 44.9 Å². The van der Waals surface area contributed by atoms with Gasteiger partial charge in [-0.1, -0.05) is 187 Å². The molecule has 0 heterocycles. The first-order valence-electron chi connectivity index (χ1n) is 22.7. The number of phosphoric acid groups is 1. The summed E-state index contributed by atoms with van der Waals surface area (Å²) in [6.07, 6.45) is 42.6. The maximum Gasteiger partial charge on any atom is 0.472 e. The van der Waals surface area contributed by atoms with Gasteiger partial charge in [-0.25, -0.2) is 4.57 Å². The number of carbonyl (C=O) groups is 2. The Kier molecular flexibility index (Phi) is 39.9. The quantitative estimate of drug-likeness (QED) is 0.0235. The monoisotopic (exact) mass is 804 g/mol. The lowest BCUT2D eigenvalue weighted by Crippen LogP contribution is -2.34. The number of hydrogen-bond acceptors (Lipinski definition) is 8. The van der Waals surface area contributed by atoms with Crippen molar-refractivity contribution >= 4 is 19.8 Å². The van der Waals surface area contributed by atoms with E-state index in [0.29, 0.717) is 6.61 Å². The first-order chi connectivity index (χ1) is 26.7. The van der Waals surface area contributed by atoms with Gasteiger partial charge in [-0.05, 0) is 38.5 Å². The summed E-state index contributed by atoms with van der Waals surface area (Å²) < 4.78 is 33.4. The maximum absolute atomic E-state index is 12.6. The van der Waals surface area contributed by atoms with Crippen LogP contribution in [0.3, 0.4) is 0 Å². The SMILES string of the molecule is CCCCCCCC/C=C\CCCCCCCCOCC(COP(=O)(O)OCC(N)C(=O)O)OC(=O)CCCCCCCCCCCCCCCCCCC. The van der Waals surface area contributed by atoms with E-state index in [9.17, 15) is 19.0 Å². The molecule has 55 heavy (non-hydrogen) atoms. The molecule has 0 amide bonds. The summed E-state index contributed by atoms with van der Waals surface area (Å²) >= 11 is 0. The molecule has 0 fully saturated rings. The minimum absolute atomic E-state index is 0.0184. The van der Waals surface area contributed by atoms with Gasteiger partial charge in [0.25, 0.3) is 0 Å². The Balaban J connectivity index is 4.19. The molecule has 3 unspecified atom stereocenters. The number of unbranched alkanes of at least 4 members (excludes halogenated alkanes) is 28. The number of nitrogens with two attached hydrogens (primary N) is 1. The predicted molar refractivity (Wildman–Crippen MR) is 226 cm³/mol. The summed E-state index contributed by atoms with van der Waals surface area (Å²) in [5.74, 6) is -1.77. The van der Waals surface area contributed by atoms with Crippen molar-refractivity contribution in [3.63, 3.8) is 0 Å². The summed E-state index contributed by atoms with van der Waals surface area (Å²) in [6.45, 7) is 3.90. The van der Waals surface area contributed by atoms with E-state index >= 15 is 0 Å². The van der Waals surface area contributed by atoms with Crippen molar-refractivity contribution in [1.82, 2.24) is 0 Å². The number of phosphoric ester groups is 1. The average Bonchev–Trinajstić information content (AvgIpc) is 3.16. The molecule has 3 atom stereocenters. The van der Waals surface area contributed by atoms with Gasteiger partial charge in [0.05, 0.1) is 19.8 Å². The van der Waals surface area contributed by atoms with Crippen molar-refractivity contribution in [2.24, 2.45) is 5.73 Å². The van der Waals surface area contributed by atoms with Gasteiger partial charge in [0, 0.05) is 13.0 Å². The van der Waals surface area contributed by atoms with Crippen molar-refractivity contribution in [3.8, 4) is 0 Å². The fraction of sp³-hybridized carbons (Fsp3) is 0.909. The van der Waals surface area contributed by atoms with Gasteiger partial charge >= 0.3 is 19.8 Å². The molecule has 0 rings (SSSR count). The van der Waals surface area contributed by atoms with Crippen LogP contribution in [0.1, 0.15) is 219 Å². The molecule has 0 radical (unpaired) electrons. The standard InChI is InChI=1S/C44H86NO9P/c1-3-5-7-9-11-13-15-17-19-21-22-24-26-28-30-32-34-36-43(46)54-41(39-52-55(49,50)53-40-42(45)44(47)48)38-51-37-35-33-31-29-27-25-23-20-18-16-14-12-10-8-6-4-2/h18,20,41-42H,3-17,19,21-40,45H2,1-2H3,(H,47,48)(H,49,50)/b20-18-. The minimum Gasteiger partial charge on any atom is -0.480 e. The van der Waals surface area contributed by atoms with Gasteiger partial charge in [0.1, 0.15) is 12.1 Å². The van der Waals surface area contributed by atoms with Crippen LogP contribution in [0.15, 0.2) is 12.2 Å². The van der Waals surface area contributed by atoms with Crippen LogP contribution in [0, 0.1) is 0 Å². The second-order valence-electron chi connectivity index (χ2n) is 15.5. The minimum atomic E-state index is -4.61. The molecule has 11 heteroatoms. The van der Waals surface area contributed by atoms with Crippen LogP contribution < -0.4 is 5.73 Å². The van der Waals surface area contributed by atoms with Gasteiger partial charge in [-0.3, -0.25) is 18.6 Å². The van der Waals surface area contributed by atoms with Crippen molar-refractivity contribution in [1.29, 1.82) is 0 Å². The molecule has 10 nitrogen and oxygen atoms in total. The lowest BCUT2D eigenvalue weighted by molar-refractivity contribution is -0.154. The largest absolute Gasteiger partial charge is 0.480 e. The van der Waals surface area contributed by atoms with Gasteiger partial charge in [0.2, 0.25) is 0 Å². The van der Waals surface area contributed by atoms with Gasteiger partial charge in [-0.2, -0.15) is 0 Å². The molecule has 0 aromatic heterocycles. The van der Waals surface area contributed by atoms with Crippen LogP contribution in [0.4, 0.5) is 0 Å². The van der Waals surface area contributed by atoms with E-state index in [2.05, 4.69) is 26.0 Å². The summed E-state index contributed by atoms with van der Waals surface area (Å²) in [5.41, 5.74) is 5.36. The second-order valence-corrected chi connectivity index (χ2v) is 17.0. The molecular weight excluding hydrogens is 717 g/mol. The Hall–Kier alpha value is -1.29. The van der Waals surface area contributed by atoms with Crippen LogP contribution >= 0.6 is 7.82 Å². The Morgan fingerprint density at radius 1 is 0.564 bits per heavy atom. The van der Waals surface area contributed by atoms with Crippen LogP contribution in [0.2, 0.25) is 0 Å². The Labute approximate surface area is 337 Å². The number of hydrogen-bond donors (Lipinski definition) is 3. The third-order valence-corrected chi connectivity index (χ3v) is 11.0. The van der Waals surface area contributed by atoms with E-state index in [1.165, 1.54) is 154 Å². The number of aliphatic carboxylic acids is 1. The molecule has 0 aliphatic rings. The van der Waals surface area contributed by atoms with Crippen LogP contribution in [0.5, 0.6) is 0 Å². The van der Waals surface area contributed by atoms with E-state index in [1.807, 2.05) is 0 Å². The summed E-state index contributed by atoms with van der Waals surface area (Å²) in [6, 6.07) is -1.47. The Bertz CT molecular complexity index is 935. The molecule has 0 aliphatic carbocycles. The highest BCUT2D eigenvalue weighted by molar-refractivity contribution is 7.47. The number of allylic oxidation sites excluding steroid dienone is 2. The highest BCUT2D eigenvalue weighted by Gasteiger charge is 2.27. The molecule has 0 aromatic carbocycles. The smallest absolute Gasteiger partial charge is 0.472 e. The van der Waals surface area contributed by atoms with Crippen LogP contribution in [-0.4, -0.2) is 60.5 Å². The lowest BCUT2D eigenvalue weighted by atomic mass is 10.0. The molecule has 0 spiro atoms. The van der Waals surface area contributed by atoms with Crippen LogP contribution in [-0.2, 0) is 32.7 Å². The summed E-state index contributed by atoms with van der Waals surface area (Å²) in [5, 5.41) is 8.90. The zero-order chi connectivity index (χ0) is 40.5. The van der Waals surface area contributed by atoms with Crippen molar-refractivity contribution in [2.75, 3.05) is 26.4 Å². The van der Waals surface area contributed by atoms with Gasteiger partial charge in [0.15, 0.2) is 0 Å². The number of carboxylic acids is 1. The van der Waals surface area contributed by atoms with Crippen molar-refractivity contribution in [2.45, 2.75) is 231 Å². The summed E-state index contributed by atoms with van der Waals surface area (Å²) in [4.78, 5) is 33.6. The van der Waals surface area contributed by atoms with E-state index < -0.39 is 45.1 Å². The van der Waals surface area contributed by atoms with Crippen molar-refractivity contribution in [3.05, 3.63) is 12.2 Å². The van der Waals surface area contributed by atoms with E-state index in [1.54, 1.807) is 0 Å². The maximum atomic E-state index is 12.6. The number of rotatable bonds is 44. The van der Waals surface area contributed by atoms with Gasteiger partial charge < -0.3 is 25.2 Å². The number of carbonyl (C=O) groups excluding carboxylic acids is 1. The first kappa shape index (κ1) is 53.7. The number of carboxylic acid groups (broad SMARTS) is 1. The third-order valence-electron chi connectivity index (χ3n) is 10.0.